The maximum absolute atomic E-state index is 9.88. The van der Waals surface area contributed by atoms with Crippen LogP contribution in [-0.2, 0) is 9.39 Å². The maximum atomic E-state index is 9.88. The van der Waals surface area contributed by atoms with E-state index in [0.29, 0.717) is 0 Å². The third-order valence-corrected chi connectivity index (χ3v) is 3.17. The van der Waals surface area contributed by atoms with Crippen LogP contribution in [0.1, 0.15) is 39.4 Å². The molecule has 0 bridgehead atoms. The van der Waals surface area contributed by atoms with Crippen molar-refractivity contribution in [1.82, 2.24) is 5.32 Å². The molecule has 20 heavy (non-hydrogen) atoms. The van der Waals surface area contributed by atoms with E-state index >= 15 is 0 Å². The van der Waals surface area contributed by atoms with Crippen molar-refractivity contribution in [1.29, 1.82) is 0 Å². The minimum atomic E-state index is -1.08. The summed E-state index contributed by atoms with van der Waals surface area (Å²) in [5.74, 6) is 0. The first-order valence-corrected chi connectivity index (χ1v) is 6.82. The molecule has 1 aromatic carbocycles. The van der Waals surface area contributed by atoms with Gasteiger partial charge in [0.2, 0.25) is 6.41 Å². The second-order valence-electron chi connectivity index (χ2n) is 6.08. The van der Waals surface area contributed by atoms with Gasteiger partial charge in [0.05, 0.1) is 11.7 Å². The first-order chi connectivity index (χ1) is 9.28. The molecule has 0 aliphatic carbocycles. The van der Waals surface area contributed by atoms with Crippen molar-refractivity contribution in [3.63, 3.8) is 0 Å². The molecule has 1 aliphatic rings. The van der Waals surface area contributed by atoms with Crippen LogP contribution in [0.3, 0.4) is 0 Å². The van der Waals surface area contributed by atoms with E-state index in [9.17, 15) is 10.1 Å². The molecule has 0 spiro atoms. The number of rotatable bonds is 4. The molecule has 5 nitrogen and oxygen atoms in total. The Kier molecular flexibility index (Phi) is 4.51. The monoisotopic (exact) mass is 279 g/mol. The molecule has 0 saturated carbocycles. The lowest BCUT2D eigenvalue weighted by Gasteiger charge is -2.29. The SMILES string of the molecule is C[C@H](NC(O)OC(C)(C)C)C1OB(O)c2ccccc21. The lowest BCUT2D eigenvalue weighted by atomic mass is 9.79. The van der Waals surface area contributed by atoms with E-state index in [1.165, 1.54) is 0 Å². The lowest BCUT2D eigenvalue weighted by Crippen LogP contribution is -2.45. The van der Waals surface area contributed by atoms with Gasteiger partial charge in [-0.3, -0.25) is 5.32 Å². The van der Waals surface area contributed by atoms with E-state index in [2.05, 4.69) is 5.32 Å². The first-order valence-electron chi connectivity index (χ1n) is 6.82. The Labute approximate surface area is 120 Å². The molecule has 0 amide bonds. The molecule has 3 N–H and O–H groups in total. The second kappa shape index (κ2) is 5.83. The third-order valence-electron chi connectivity index (χ3n) is 3.17. The number of benzene rings is 1. The Morgan fingerprint density at radius 2 is 2.00 bits per heavy atom. The van der Waals surface area contributed by atoms with Crippen LogP contribution in [0.15, 0.2) is 24.3 Å². The molecular weight excluding hydrogens is 257 g/mol. The zero-order valence-corrected chi connectivity index (χ0v) is 12.3. The Hall–Kier alpha value is -0.915. The van der Waals surface area contributed by atoms with Gasteiger partial charge in [-0.2, -0.15) is 0 Å². The van der Waals surface area contributed by atoms with Crippen LogP contribution >= 0.6 is 0 Å². The quantitative estimate of drug-likeness (QED) is 0.553. The van der Waals surface area contributed by atoms with E-state index in [1.54, 1.807) is 0 Å². The average Bonchev–Trinajstić information content (AvgIpc) is 2.65. The van der Waals surface area contributed by atoms with E-state index in [1.807, 2.05) is 52.0 Å². The summed E-state index contributed by atoms with van der Waals surface area (Å²) in [6, 6.07) is 7.33. The minimum absolute atomic E-state index is 0.203. The Bertz CT molecular complexity index is 463. The molecule has 0 saturated heterocycles. The summed E-state index contributed by atoms with van der Waals surface area (Å²) in [7, 11) is -0.916. The molecule has 2 unspecified atom stereocenters. The Morgan fingerprint density at radius 1 is 1.35 bits per heavy atom. The van der Waals surface area contributed by atoms with Gasteiger partial charge in [0.15, 0.2) is 0 Å². The molecule has 0 fully saturated rings. The Morgan fingerprint density at radius 3 is 2.65 bits per heavy atom. The molecule has 110 valence electrons. The van der Waals surface area contributed by atoms with Crippen LogP contribution in [0.2, 0.25) is 0 Å². The molecule has 1 aliphatic heterocycles. The van der Waals surface area contributed by atoms with Crippen LogP contribution in [0.5, 0.6) is 0 Å². The van der Waals surface area contributed by atoms with Crippen LogP contribution in [0.4, 0.5) is 0 Å². The number of nitrogens with one attached hydrogen (secondary N) is 1. The number of ether oxygens (including phenoxy) is 1. The van der Waals surface area contributed by atoms with Gasteiger partial charge in [0, 0.05) is 6.04 Å². The number of aliphatic hydroxyl groups excluding tert-OH is 1. The highest BCUT2D eigenvalue weighted by molar-refractivity contribution is 6.61. The highest BCUT2D eigenvalue weighted by Crippen LogP contribution is 2.26. The minimum Gasteiger partial charge on any atom is -0.423 e. The van der Waals surface area contributed by atoms with Gasteiger partial charge >= 0.3 is 7.12 Å². The Balaban J connectivity index is 2.02. The molecule has 1 aromatic rings. The van der Waals surface area contributed by atoms with Crippen LogP contribution in [0.25, 0.3) is 0 Å². The number of aliphatic hydroxyl groups is 1. The van der Waals surface area contributed by atoms with Gasteiger partial charge in [0.1, 0.15) is 0 Å². The summed E-state index contributed by atoms with van der Waals surface area (Å²) < 4.78 is 11.0. The molecule has 3 atom stereocenters. The summed E-state index contributed by atoms with van der Waals surface area (Å²) >= 11 is 0. The summed E-state index contributed by atoms with van der Waals surface area (Å²) in [4.78, 5) is 0. The van der Waals surface area contributed by atoms with Gasteiger partial charge < -0.3 is 19.5 Å². The molecule has 6 heteroatoms. The molecule has 0 radical (unpaired) electrons. The predicted molar refractivity (Wildman–Crippen MR) is 77.3 cm³/mol. The molecule has 2 rings (SSSR count). The number of hydrogen-bond donors (Lipinski definition) is 3. The lowest BCUT2D eigenvalue weighted by molar-refractivity contribution is -0.188. The number of hydrogen-bond acceptors (Lipinski definition) is 5. The zero-order chi connectivity index (χ0) is 14.9. The summed E-state index contributed by atoms with van der Waals surface area (Å²) in [6.07, 6.45) is -1.40. The van der Waals surface area contributed by atoms with E-state index in [-0.39, 0.29) is 12.1 Å². The molecule has 0 aromatic heterocycles. The van der Waals surface area contributed by atoms with Crippen molar-refractivity contribution < 1.29 is 19.5 Å². The fourth-order valence-corrected chi connectivity index (χ4v) is 2.35. The smallest absolute Gasteiger partial charge is 0.423 e. The highest BCUT2D eigenvalue weighted by atomic mass is 16.6. The van der Waals surface area contributed by atoms with E-state index < -0.39 is 19.1 Å². The van der Waals surface area contributed by atoms with Crippen LogP contribution < -0.4 is 10.8 Å². The van der Waals surface area contributed by atoms with Crippen molar-refractivity contribution >= 4 is 12.6 Å². The topological polar surface area (TPSA) is 71.0 Å². The van der Waals surface area contributed by atoms with Crippen molar-refractivity contribution in [2.45, 2.75) is 51.9 Å². The predicted octanol–water partition coefficient (Wildman–Crippen LogP) is 0.514. The summed E-state index contributed by atoms with van der Waals surface area (Å²) in [5, 5.41) is 22.7. The van der Waals surface area contributed by atoms with Gasteiger partial charge in [0.25, 0.3) is 0 Å². The largest absolute Gasteiger partial charge is 0.492 e. The van der Waals surface area contributed by atoms with E-state index in [0.717, 1.165) is 11.0 Å². The van der Waals surface area contributed by atoms with Crippen molar-refractivity contribution in [3.8, 4) is 0 Å². The number of fused-ring (bicyclic) bond motifs is 1. The highest BCUT2D eigenvalue weighted by Gasteiger charge is 2.38. The van der Waals surface area contributed by atoms with Crippen molar-refractivity contribution in [2.75, 3.05) is 0 Å². The zero-order valence-electron chi connectivity index (χ0n) is 12.3. The van der Waals surface area contributed by atoms with Crippen LogP contribution in [0, 0.1) is 0 Å². The van der Waals surface area contributed by atoms with Crippen molar-refractivity contribution in [2.24, 2.45) is 0 Å². The van der Waals surface area contributed by atoms with Gasteiger partial charge in [-0.1, -0.05) is 24.3 Å². The fourth-order valence-electron chi connectivity index (χ4n) is 2.35. The van der Waals surface area contributed by atoms with Crippen molar-refractivity contribution in [3.05, 3.63) is 29.8 Å². The van der Waals surface area contributed by atoms with Gasteiger partial charge in [-0.25, -0.2) is 0 Å². The van der Waals surface area contributed by atoms with Gasteiger partial charge in [-0.05, 0) is 38.7 Å². The molecule has 1 heterocycles. The fraction of sp³-hybridized carbons (Fsp3) is 0.571. The summed E-state index contributed by atoms with van der Waals surface area (Å²) in [6.45, 7) is 7.49. The third kappa shape index (κ3) is 3.59. The summed E-state index contributed by atoms with van der Waals surface area (Å²) in [5.41, 5.74) is 1.26. The van der Waals surface area contributed by atoms with Gasteiger partial charge in [-0.15, -0.1) is 0 Å². The standard InChI is InChI=1S/C14H22BNO4/c1-9(16-13(17)19-14(2,3)4)12-10-7-5-6-8-11(10)15(18)20-12/h5-9,12-13,16-18H,1-4H3/t9-,12?,13?/m0/s1. The molecular formula is C14H22BNO4. The second-order valence-corrected chi connectivity index (χ2v) is 6.08. The normalized spacial score (nSPS) is 21.7. The first kappa shape index (κ1) is 15.5. The average molecular weight is 279 g/mol. The maximum Gasteiger partial charge on any atom is 0.492 e. The van der Waals surface area contributed by atoms with E-state index in [4.69, 9.17) is 9.39 Å². The van der Waals surface area contributed by atoms with Crippen LogP contribution in [-0.4, -0.2) is 35.3 Å².